The second-order valence-corrected chi connectivity index (χ2v) is 7.20. The molecule has 0 aliphatic heterocycles. The summed E-state index contributed by atoms with van der Waals surface area (Å²) in [4.78, 5) is 16.4. The third-order valence-electron chi connectivity index (χ3n) is 4.38. The Bertz CT molecular complexity index is 1070. The van der Waals surface area contributed by atoms with Crippen molar-refractivity contribution >= 4 is 38.5 Å². The Balaban J connectivity index is 2.10. The van der Waals surface area contributed by atoms with Crippen LogP contribution in [0.5, 0.6) is 0 Å². The monoisotopic (exact) mass is 437 g/mol. The highest BCUT2D eigenvalue weighted by Crippen LogP contribution is 2.35. The molecule has 2 aromatic carbocycles. The Morgan fingerprint density at radius 3 is 2.79 bits per heavy atom. The first-order chi connectivity index (χ1) is 13.5. The Labute approximate surface area is 172 Å². The average molecular weight is 438 g/mol. The van der Waals surface area contributed by atoms with Crippen LogP contribution in [0.1, 0.15) is 24.5 Å². The predicted octanol–water partition coefficient (Wildman–Crippen LogP) is 5.21. The molecule has 0 atom stereocenters. The van der Waals surface area contributed by atoms with E-state index in [4.69, 9.17) is 9.72 Å². The summed E-state index contributed by atoms with van der Waals surface area (Å²) in [6.07, 6.45) is 0.224. The van der Waals surface area contributed by atoms with Crippen LogP contribution in [0.2, 0.25) is 0 Å². The number of para-hydroxylation sites is 1. The third-order valence-corrected chi connectivity index (χ3v) is 4.88. The largest absolute Gasteiger partial charge is 0.466 e. The first kappa shape index (κ1) is 19.8. The van der Waals surface area contributed by atoms with Crippen LogP contribution in [0, 0.1) is 18.3 Å². The standard InChI is InChI=1S/C22H20BrN3O2/c1-3-28-20(27)10-11-25-21-17-6-4-5-7-19(17)26-22(18(21)13-24)16-9-8-15(23)12-14(16)2/h4-9,12H,3,10-11H2,1-2H3,(H,25,26). The van der Waals surface area contributed by atoms with Gasteiger partial charge in [0.2, 0.25) is 0 Å². The zero-order valence-corrected chi connectivity index (χ0v) is 17.3. The molecule has 0 bridgehead atoms. The lowest BCUT2D eigenvalue weighted by Crippen LogP contribution is -2.12. The van der Waals surface area contributed by atoms with Gasteiger partial charge in [0.15, 0.2) is 0 Å². The fourth-order valence-corrected chi connectivity index (χ4v) is 3.59. The van der Waals surface area contributed by atoms with Crippen LogP contribution in [0.15, 0.2) is 46.9 Å². The van der Waals surface area contributed by atoms with Crippen molar-refractivity contribution in [3.63, 3.8) is 0 Å². The molecule has 0 aliphatic carbocycles. The molecule has 1 aromatic heterocycles. The molecule has 1 heterocycles. The van der Waals surface area contributed by atoms with Crippen molar-refractivity contribution < 1.29 is 9.53 Å². The highest BCUT2D eigenvalue weighted by atomic mass is 79.9. The van der Waals surface area contributed by atoms with Gasteiger partial charge in [0.25, 0.3) is 0 Å². The first-order valence-electron chi connectivity index (χ1n) is 9.04. The Hall–Kier alpha value is -2.91. The van der Waals surface area contributed by atoms with E-state index in [0.717, 1.165) is 26.5 Å². The molecule has 0 unspecified atom stereocenters. The summed E-state index contributed by atoms with van der Waals surface area (Å²) in [5.74, 6) is -0.268. The number of rotatable bonds is 6. The number of hydrogen-bond acceptors (Lipinski definition) is 5. The van der Waals surface area contributed by atoms with Gasteiger partial charge in [-0.3, -0.25) is 4.79 Å². The number of fused-ring (bicyclic) bond motifs is 1. The van der Waals surface area contributed by atoms with Crippen molar-refractivity contribution in [1.29, 1.82) is 5.26 Å². The van der Waals surface area contributed by atoms with Gasteiger partial charge < -0.3 is 10.1 Å². The number of nitrogens with one attached hydrogen (secondary N) is 1. The van der Waals surface area contributed by atoms with Gasteiger partial charge in [0.05, 0.1) is 29.9 Å². The molecule has 3 rings (SSSR count). The van der Waals surface area contributed by atoms with Crippen LogP contribution in [0.25, 0.3) is 22.2 Å². The molecule has 1 N–H and O–H groups in total. The van der Waals surface area contributed by atoms with E-state index in [2.05, 4.69) is 27.3 Å². The van der Waals surface area contributed by atoms with Crippen molar-refractivity contribution in [2.45, 2.75) is 20.3 Å². The number of carbonyl (C=O) groups is 1. The van der Waals surface area contributed by atoms with Crippen molar-refractivity contribution in [2.75, 3.05) is 18.5 Å². The number of nitrogens with zero attached hydrogens (tertiary/aromatic N) is 2. The number of halogens is 1. The molecule has 0 fully saturated rings. The van der Waals surface area contributed by atoms with Crippen LogP contribution >= 0.6 is 15.9 Å². The molecule has 0 amide bonds. The van der Waals surface area contributed by atoms with Crippen LogP contribution in [-0.2, 0) is 9.53 Å². The number of ether oxygens (including phenoxy) is 1. The third kappa shape index (κ3) is 4.15. The van der Waals surface area contributed by atoms with E-state index in [1.54, 1.807) is 6.92 Å². The second kappa shape index (κ2) is 8.85. The quantitative estimate of drug-likeness (QED) is 0.535. The van der Waals surface area contributed by atoms with Crippen LogP contribution in [0.3, 0.4) is 0 Å². The minimum Gasteiger partial charge on any atom is -0.466 e. The summed E-state index contributed by atoms with van der Waals surface area (Å²) in [7, 11) is 0. The van der Waals surface area contributed by atoms with Gasteiger partial charge in [-0.2, -0.15) is 5.26 Å². The van der Waals surface area contributed by atoms with E-state index in [-0.39, 0.29) is 12.4 Å². The summed E-state index contributed by atoms with van der Waals surface area (Å²) < 4.78 is 5.96. The topological polar surface area (TPSA) is 75.0 Å². The van der Waals surface area contributed by atoms with E-state index >= 15 is 0 Å². The normalized spacial score (nSPS) is 10.5. The molecule has 0 saturated heterocycles. The van der Waals surface area contributed by atoms with Crippen molar-refractivity contribution in [3.8, 4) is 17.3 Å². The van der Waals surface area contributed by atoms with E-state index < -0.39 is 0 Å². The van der Waals surface area contributed by atoms with Gasteiger partial charge in [0, 0.05) is 22.0 Å². The van der Waals surface area contributed by atoms with Crippen LogP contribution < -0.4 is 5.32 Å². The Morgan fingerprint density at radius 2 is 2.07 bits per heavy atom. The van der Waals surface area contributed by atoms with Crippen LogP contribution in [-0.4, -0.2) is 24.1 Å². The lowest BCUT2D eigenvalue weighted by atomic mass is 9.98. The van der Waals surface area contributed by atoms with Gasteiger partial charge in [0.1, 0.15) is 11.6 Å². The van der Waals surface area contributed by atoms with Crippen molar-refractivity contribution in [3.05, 3.63) is 58.1 Å². The molecule has 142 valence electrons. The van der Waals surface area contributed by atoms with Gasteiger partial charge in [-0.25, -0.2) is 4.98 Å². The number of aryl methyl sites for hydroxylation is 1. The number of anilines is 1. The number of pyridine rings is 1. The molecule has 0 radical (unpaired) electrons. The number of nitriles is 1. The smallest absolute Gasteiger partial charge is 0.307 e. The maximum atomic E-state index is 11.7. The van der Waals surface area contributed by atoms with E-state index in [1.807, 2.05) is 49.4 Å². The van der Waals surface area contributed by atoms with Gasteiger partial charge >= 0.3 is 5.97 Å². The van der Waals surface area contributed by atoms with E-state index in [1.165, 1.54) is 0 Å². The minimum atomic E-state index is -0.268. The Kier molecular flexibility index (Phi) is 6.27. The maximum Gasteiger partial charge on any atom is 0.307 e. The lowest BCUT2D eigenvalue weighted by molar-refractivity contribution is -0.142. The summed E-state index contributed by atoms with van der Waals surface area (Å²) in [5.41, 5.74) is 4.50. The molecule has 0 spiro atoms. The molecule has 6 heteroatoms. The van der Waals surface area contributed by atoms with Crippen molar-refractivity contribution in [1.82, 2.24) is 4.98 Å². The fourth-order valence-electron chi connectivity index (χ4n) is 3.11. The van der Waals surface area contributed by atoms with Gasteiger partial charge in [-0.05, 0) is 37.6 Å². The Morgan fingerprint density at radius 1 is 1.29 bits per heavy atom. The van der Waals surface area contributed by atoms with E-state index in [9.17, 15) is 10.1 Å². The zero-order valence-electron chi connectivity index (χ0n) is 15.8. The average Bonchev–Trinajstić information content (AvgIpc) is 2.67. The summed E-state index contributed by atoms with van der Waals surface area (Å²) >= 11 is 3.48. The molecule has 0 aliphatic rings. The predicted molar refractivity (Wildman–Crippen MR) is 114 cm³/mol. The SMILES string of the molecule is CCOC(=O)CCNc1c(C#N)c(-c2ccc(Br)cc2C)nc2ccccc12. The fraction of sp³-hybridized carbons (Fsp3) is 0.227. The zero-order chi connectivity index (χ0) is 20.1. The number of benzene rings is 2. The maximum absolute atomic E-state index is 11.7. The van der Waals surface area contributed by atoms with Gasteiger partial charge in [-0.1, -0.05) is 40.2 Å². The highest BCUT2D eigenvalue weighted by molar-refractivity contribution is 9.10. The second-order valence-electron chi connectivity index (χ2n) is 6.28. The number of aromatic nitrogens is 1. The number of esters is 1. The highest BCUT2D eigenvalue weighted by Gasteiger charge is 2.18. The van der Waals surface area contributed by atoms with Crippen molar-refractivity contribution in [2.24, 2.45) is 0 Å². The first-order valence-corrected chi connectivity index (χ1v) is 9.83. The molecule has 28 heavy (non-hydrogen) atoms. The number of hydrogen-bond donors (Lipinski definition) is 1. The lowest BCUT2D eigenvalue weighted by Gasteiger charge is -2.16. The minimum absolute atomic E-state index is 0.224. The number of carbonyl (C=O) groups excluding carboxylic acids is 1. The summed E-state index contributed by atoms with van der Waals surface area (Å²) in [6, 6.07) is 15.9. The van der Waals surface area contributed by atoms with E-state index in [0.29, 0.717) is 30.1 Å². The molecular weight excluding hydrogens is 418 g/mol. The molecule has 3 aromatic rings. The summed E-state index contributed by atoms with van der Waals surface area (Å²) in [5, 5.41) is 14.0. The van der Waals surface area contributed by atoms with Crippen LogP contribution in [0.4, 0.5) is 5.69 Å². The molecule has 5 nitrogen and oxygen atoms in total. The van der Waals surface area contributed by atoms with Gasteiger partial charge in [-0.15, -0.1) is 0 Å². The summed E-state index contributed by atoms with van der Waals surface area (Å²) in [6.45, 7) is 4.50. The molecule has 0 saturated carbocycles. The molecular formula is C22H20BrN3O2.